The number of ketones is 1. The van der Waals surface area contributed by atoms with Gasteiger partial charge in [0, 0.05) is 25.2 Å². The first-order valence-electron chi connectivity index (χ1n) is 11.1. The lowest BCUT2D eigenvalue weighted by molar-refractivity contribution is -0.134. The lowest BCUT2D eigenvalue weighted by Gasteiger charge is -2.19. The van der Waals surface area contributed by atoms with Crippen LogP contribution in [0.5, 0.6) is 0 Å². The van der Waals surface area contributed by atoms with E-state index in [0.29, 0.717) is 13.0 Å². The number of rotatable bonds is 7. The SMILES string of the molecule is CC.CC.CC.CCN(CC(C)=O)C(=O)CCCc1ccc2c(n1)NCCC2. The second kappa shape index (κ2) is 18.5. The fraction of sp³-hybridized carbons (Fsp3) is 0.696. The molecule has 1 aromatic heterocycles. The van der Waals surface area contributed by atoms with Crippen LogP contribution in [-0.4, -0.2) is 41.2 Å². The molecule has 0 aliphatic carbocycles. The Hall–Kier alpha value is -1.91. The summed E-state index contributed by atoms with van der Waals surface area (Å²) < 4.78 is 0. The standard InChI is InChI=1S/C17H25N3O2.3C2H6/c1-3-20(12-13(2)21)16(22)8-4-7-15-10-9-14-6-5-11-18-17(14)19-15;3*1-2/h9-10H,3-8,11-12H2,1-2H3,(H,18,19);3*1-2H3. The van der Waals surface area contributed by atoms with E-state index in [2.05, 4.69) is 22.4 Å². The van der Waals surface area contributed by atoms with Crippen LogP contribution in [0.1, 0.15) is 85.9 Å². The van der Waals surface area contributed by atoms with Crippen LogP contribution < -0.4 is 5.32 Å². The topological polar surface area (TPSA) is 62.3 Å². The average Bonchev–Trinajstić information content (AvgIpc) is 2.76. The number of aryl methyl sites for hydroxylation is 2. The number of anilines is 1. The molecule has 1 aliphatic heterocycles. The van der Waals surface area contributed by atoms with Crippen molar-refractivity contribution in [1.29, 1.82) is 0 Å². The molecule has 1 aliphatic rings. The Morgan fingerprint density at radius 2 is 1.75 bits per heavy atom. The molecule has 1 amide bonds. The maximum Gasteiger partial charge on any atom is 0.222 e. The highest BCUT2D eigenvalue weighted by Crippen LogP contribution is 2.20. The van der Waals surface area contributed by atoms with E-state index in [0.717, 1.165) is 43.7 Å². The van der Waals surface area contributed by atoms with Crippen LogP contribution in [0.15, 0.2) is 12.1 Å². The Labute approximate surface area is 173 Å². The minimum absolute atomic E-state index is 0.0256. The molecule has 0 fully saturated rings. The summed E-state index contributed by atoms with van der Waals surface area (Å²) >= 11 is 0. The molecule has 0 bridgehead atoms. The third-order valence-electron chi connectivity index (χ3n) is 3.92. The second-order valence-corrected chi connectivity index (χ2v) is 5.80. The molecular weight excluding hydrogens is 350 g/mol. The highest BCUT2D eigenvalue weighted by Gasteiger charge is 2.14. The molecule has 1 N–H and O–H groups in total. The van der Waals surface area contributed by atoms with Crippen LogP contribution in [-0.2, 0) is 22.4 Å². The second-order valence-electron chi connectivity index (χ2n) is 5.80. The van der Waals surface area contributed by atoms with Crippen molar-refractivity contribution >= 4 is 17.5 Å². The first-order chi connectivity index (χ1) is 13.6. The molecule has 5 heteroatoms. The number of carbonyl (C=O) groups excluding carboxylic acids is 2. The molecule has 1 aromatic rings. The molecule has 2 rings (SSSR count). The Morgan fingerprint density at radius 1 is 1.11 bits per heavy atom. The Kier molecular flexibility index (Phi) is 18.7. The number of Topliss-reactive ketones (excluding diaryl/α,β-unsaturated/α-hetero) is 1. The van der Waals surface area contributed by atoms with Gasteiger partial charge in [0.15, 0.2) is 0 Å². The van der Waals surface area contributed by atoms with Crippen molar-refractivity contribution < 1.29 is 9.59 Å². The zero-order chi connectivity index (χ0) is 21.9. The van der Waals surface area contributed by atoms with Gasteiger partial charge in [0.1, 0.15) is 11.6 Å². The van der Waals surface area contributed by atoms with Gasteiger partial charge in [-0.2, -0.15) is 0 Å². The number of likely N-dealkylation sites (N-methyl/N-ethyl adjacent to an activating group) is 1. The number of nitrogens with zero attached hydrogens (tertiary/aromatic N) is 2. The molecule has 0 radical (unpaired) electrons. The molecule has 5 nitrogen and oxygen atoms in total. The molecule has 2 heterocycles. The van der Waals surface area contributed by atoms with Crippen molar-refractivity contribution in [2.75, 3.05) is 25.0 Å². The summed E-state index contributed by atoms with van der Waals surface area (Å²) in [6, 6.07) is 4.20. The van der Waals surface area contributed by atoms with Crippen LogP contribution >= 0.6 is 0 Å². The van der Waals surface area contributed by atoms with Gasteiger partial charge in [-0.3, -0.25) is 9.59 Å². The summed E-state index contributed by atoms with van der Waals surface area (Å²) in [5, 5.41) is 3.33. The molecule has 162 valence electrons. The number of fused-ring (bicyclic) bond motifs is 1. The summed E-state index contributed by atoms with van der Waals surface area (Å²) in [6.07, 6.45) is 4.26. The summed E-state index contributed by atoms with van der Waals surface area (Å²) in [5.74, 6) is 1.08. The van der Waals surface area contributed by atoms with Crippen molar-refractivity contribution in [3.05, 3.63) is 23.4 Å². The first-order valence-corrected chi connectivity index (χ1v) is 11.1. The van der Waals surface area contributed by atoms with Crippen LogP contribution in [0, 0.1) is 0 Å². The number of pyridine rings is 1. The molecule has 0 saturated heterocycles. The highest BCUT2D eigenvalue weighted by molar-refractivity contribution is 5.84. The van der Waals surface area contributed by atoms with Crippen LogP contribution in [0.2, 0.25) is 0 Å². The fourth-order valence-corrected chi connectivity index (χ4v) is 2.73. The summed E-state index contributed by atoms with van der Waals surface area (Å²) in [4.78, 5) is 29.5. The summed E-state index contributed by atoms with van der Waals surface area (Å²) in [6.45, 7) is 17.2. The fourth-order valence-electron chi connectivity index (χ4n) is 2.73. The van der Waals surface area contributed by atoms with Gasteiger partial charge in [-0.05, 0) is 51.2 Å². The molecule has 0 spiro atoms. The van der Waals surface area contributed by atoms with E-state index in [-0.39, 0.29) is 18.2 Å². The van der Waals surface area contributed by atoms with E-state index in [1.54, 1.807) is 4.90 Å². The van der Waals surface area contributed by atoms with E-state index in [1.165, 1.54) is 12.5 Å². The van der Waals surface area contributed by atoms with Gasteiger partial charge in [0.05, 0.1) is 6.54 Å². The van der Waals surface area contributed by atoms with Gasteiger partial charge in [-0.1, -0.05) is 47.6 Å². The Balaban J connectivity index is 0. The largest absolute Gasteiger partial charge is 0.370 e. The highest BCUT2D eigenvalue weighted by atomic mass is 16.2. The van der Waals surface area contributed by atoms with E-state index >= 15 is 0 Å². The van der Waals surface area contributed by atoms with E-state index in [9.17, 15) is 9.59 Å². The predicted molar refractivity (Wildman–Crippen MR) is 121 cm³/mol. The van der Waals surface area contributed by atoms with E-state index in [1.807, 2.05) is 48.5 Å². The third-order valence-corrected chi connectivity index (χ3v) is 3.92. The lowest BCUT2D eigenvalue weighted by atomic mass is 10.1. The van der Waals surface area contributed by atoms with Gasteiger partial charge in [0.2, 0.25) is 5.91 Å². The van der Waals surface area contributed by atoms with Crippen molar-refractivity contribution in [1.82, 2.24) is 9.88 Å². The average molecular weight is 394 g/mol. The van der Waals surface area contributed by atoms with E-state index in [4.69, 9.17) is 0 Å². The monoisotopic (exact) mass is 393 g/mol. The van der Waals surface area contributed by atoms with Crippen molar-refractivity contribution in [2.24, 2.45) is 0 Å². The van der Waals surface area contributed by atoms with Crippen LogP contribution in [0.25, 0.3) is 0 Å². The smallest absolute Gasteiger partial charge is 0.222 e. The minimum Gasteiger partial charge on any atom is -0.370 e. The van der Waals surface area contributed by atoms with Gasteiger partial charge in [0.25, 0.3) is 0 Å². The molecule has 0 atom stereocenters. The third kappa shape index (κ3) is 11.1. The minimum atomic E-state index is 0.0256. The number of aromatic nitrogens is 1. The van der Waals surface area contributed by atoms with Gasteiger partial charge >= 0.3 is 0 Å². The molecule has 28 heavy (non-hydrogen) atoms. The normalized spacial score (nSPS) is 11.0. The number of hydrogen-bond acceptors (Lipinski definition) is 4. The summed E-state index contributed by atoms with van der Waals surface area (Å²) in [5.41, 5.74) is 2.31. The number of carbonyl (C=O) groups is 2. The number of hydrogen-bond donors (Lipinski definition) is 1. The van der Waals surface area contributed by atoms with Crippen molar-refractivity contribution in [3.8, 4) is 0 Å². The zero-order valence-corrected chi connectivity index (χ0v) is 19.5. The number of nitrogens with one attached hydrogen (secondary N) is 1. The van der Waals surface area contributed by atoms with Crippen LogP contribution in [0.4, 0.5) is 5.82 Å². The summed E-state index contributed by atoms with van der Waals surface area (Å²) in [7, 11) is 0. The van der Waals surface area contributed by atoms with Gasteiger partial charge < -0.3 is 10.2 Å². The molecule has 0 unspecified atom stereocenters. The maximum absolute atomic E-state index is 12.1. The first kappa shape index (κ1) is 28.3. The van der Waals surface area contributed by atoms with Gasteiger partial charge in [-0.15, -0.1) is 0 Å². The Bertz CT molecular complexity index is 545. The molecular formula is C23H43N3O2. The maximum atomic E-state index is 12.1. The van der Waals surface area contributed by atoms with Crippen molar-refractivity contribution in [3.63, 3.8) is 0 Å². The Morgan fingerprint density at radius 3 is 2.32 bits per heavy atom. The molecule has 0 aromatic carbocycles. The van der Waals surface area contributed by atoms with Crippen molar-refractivity contribution in [2.45, 2.75) is 87.5 Å². The lowest BCUT2D eigenvalue weighted by Crippen LogP contribution is -2.34. The quantitative estimate of drug-likeness (QED) is 0.685. The zero-order valence-electron chi connectivity index (χ0n) is 19.5. The van der Waals surface area contributed by atoms with E-state index < -0.39 is 0 Å². The number of amides is 1. The van der Waals surface area contributed by atoms with Gasteiger partial charge in [-0.25, -0.2) is 4.98 Å². The molecule has 0 saturated carbocycles. The van der Waals surface area contributed by atoms with Crippen LogP contribution in [0.3, 0.4) is 0 Å². The predicted octanol–water partition coefficient (Wildman–Crippen LogP) is 5.28.